The predicted molar refractivity (Wildman–Crippen MR) is 73.1 cm³/mol. The Morgan fingerprint density at radius 1 is 1.29 bits per heavy atom. The van der Waals surface area contributed by atoms with E-state index in [1.165, 1.54) is 11.1 Å². The van der Waals surface area contributed by atoms with Gasteiger partial charge in [-0.15, -0.1) is 11.6 Å². The normalized spacial score (nSPS) is 19.2. The third kappa shape index (κ3) is 3.15. The molecule has 0 spiro atoms. The van der Waals surface area contributed by atoms with Crippen LogP contribution in [-0.2, 0) is 11.2 Å². The molecule has 2 rings (SSSR count). The fourth-order valence-electron chi connectivity index (χ4n) is 2.36. The second-order valence-electron chi connectivity index (χ2n) is 5.02. The van der Waals surface area contributed by atoms with Gasteiger partial charge in [0.25, 0.3) is 0 Å². The van der Waals surface area contributed by atoms with Gasteiger partial charge in [-0.3, -0.25) is 0 Å². The molecule has 1 aliphatic rings. The van der Waals surface area contributed by atoms with E-state index in [0.29, 0.717) is 5.88 Å². The minimum Gasteiger partial charge on any atom is -0.381 e. The van der Waals surface area contributed by atoms with Gasteiger partial charge in [-0.2, -0.15) is 0 Å². The summed E-state index contributed by atoms with van der Waals surface area (Å²) in [7, 11) is 0. The highest BCUT2D eigenvalue weighted by Crippen LogP contribution is 2.37. The number of aryl methyl sites for hydroxylation is 1. The van der Waals surface area contributed by atoms with Crippen LogP contribution < -0.4 is 0 Å². The van der Waals surface area contributed by atoms with Crippen LogP contribution in [0, 0.1) is 12.3 Å². The van der Waals surface area contributed by atoms with Crippen molar-refractivity contribution in [1.29, 1.82) is 0 Å². The molecule has 0 bridgehead atoms. The van der Waals surface area contributed by atoms with Gasteiger partial charge < -0.3 is 4.74 Å². The Labute approximate surface area is 113 Å². The Morgan fingerprint density at radius 3 is 2.59 bits per heavy atom. The molecule has 0 radical (unpaired) electrons. The monoisotopic (exact) mass is 272 g/mol. The van der Waals surface area contributed by atoms with Crippen molar-refractivity contribution >= 4 is 23.2 Å². The van der Waals surface area contributed by atoms with E-state index in [2.05, 4.69) is 19.1 Å². The van der Waals surface area contributed by atoms with E-state index in [-0.39, 0.29) is 5.41 Å². The Morgan fingerprint density at radius 2 is 2.00 bits per heavy atom. The van der Waals surface area contributed by atoms with E-state index in [4.69, 9.17) is 27.9 Å². The Balaban J connectivity index is 2.17. The zero-order chi connectivity index (χ0) is 12.3. The summed E-state index contributed by atoms with van der Waals surface area (Å²) in [4.78, 5) is 0. The number of alkyl halides is 1. The first-order valence-electron chi connectivity index (χ1n) is 6.04. The molecule has 1 fully saturated rings. The summed E-state index contributed by atoms with van der Waals surface area (Å²) in [6, 6.07) is 6.27. The first-order chi connectivity index (χ1) is 8.15. The van der Waals surface area contributed by atoms with Crippen molar-refractivity contribution in [3.63, 3.8) is 0 Å². The Kier molecular flexibility index (Phi) is 4.35. The molecule has 1 aromatic rings. The van der Waals surface area contributed by atoms with Crippen LogP contribution in [0.25, 0.3) is 0 Å². The lowest BCUT2D eigenvalue weighted by atomic mass is 9.77. The van der Waals surface area contributed by atoms with E-state index in [1.807, 2.05) is 6.07 Å². The van der Waals surface area contributed by atoms with Crippen LogP contribution in [0.2, 0.25) is 5.02 Å². The van der Waals surface area contributed by atoms with Gasteiger partial charge in [0.05, 0.1) is 0 Å². The van der Waals surface area contributed by atoms with Crippen LogP contribution in [0.4, 0.5) is 0 Å². The van der Waals surface area contributed by atoms with Crippen molar-refractivity contribution in [2.24, 2.45) is 5.41 Å². The van der Waals surface area contributed by atoms with Crippen LogP contribution in [0.3, 0.4) is 0 Å². The van der Waals surface area contributed by atoms with E-state index in [0.717, 1.165) is 37.5 Å². The topological polar surface area (TPSA) is 9.23 Å². The molecular formula is C14H18Cl2O. The minimum atomic E-state index is 0.165. The zero-order valence-electron chi connectivity index (χ0n) is 10.1. The predicted octanol–water partition coefficient (Wildman–Crippen LogP) is 4.23. The molecule has 0 N–H and O–H groups in total. The maximum absolute atomic E-state index is 6.29. The van der Waals surface area contributed by atoms with Gasteiger partial charge in [-0.05, 0) is 48.8 Å². The average Bonchev–Trinajstić information content (AvgIpc) is 2.34. The summed E-state index contributed by atoms with van der Waals surface area (Å²) >= 11 is 12.5. The second kappa shape index (κ2) is 5.60. The second-order valence-corrected chi connectivity index (χ2v) is 5.69. The fraction of sp³-hybridized carbons (Fsp3) is 0.571. The quantitative estimate of drug-likeness (QED) is 0.749. The average molecular weight is 273 g/mol. The largest absolute Gasteiger partial charge is 0.381 e. The third-order valence-electron chi connectivity index (χ3n) is 3.61. The molecule has 1 nitrogen and oxygen atoms in total. The molecule has 0 amide bonds. The van der Waals surface area contributed by atoms with Gasteiger partial charge in [-0.25, -0.2) is 0 Å². The van der Waals surface area contributed by atoms with E-state index in [9.17, 15) is 0 Å². The molecule has 1 aromatic carbocycles. The Hall–Kier alpha value is -0.240. The molecule has 0 saturated carbocycles. The molecular weight excluding hydrogens is 255 g/mol. The van der Waals surface area contributed by atoms with Crippen LogP contribution in [0.15, 0.2) is 18.2 Å². The van der Waals surface area contributed by atoms with Gasteiger partial charge in [0.2, 0.25) is 0 Å². The number of benzene rings is 1. The molecule has 1 aliphatic heterocycles. The van der Waals surface area contributed by atoms with E-state index < -0.39 is 0 Å². The van der Waals surface area contributed by atoms with Crippen LogP contribution in [-0.4, -0.2) is 19.1 Å². The highest BCUT2D eigenvalue weighted by Gasteiger charge is 2.32. The number of hydrogen-bond donors (Lipinski definition) is 0. The molecule has 17 heavy (non-hydrogen) atoms. The van der Waals surface area contributed by atoms with Crippen molar-refractivity contribution in [3.05, 3.63) is 34.3 Å². The maximum Gasteiger partial charge on any atom is 0.0471 e. The molecule has 0 unspecified atom stereocenters. The standard InChI is InChI=1S/C14H18Cl2O/c1-11-2-3-12(13(16)8-11)9-14(10-15)4-6-17-7-5-14/h2-3,8H,4-7,9-10H2,1H3. The number of halogens is 2. The fourth-order valence-corrected chi connectivity index (χ4v) is 3.03. The summed E-state index contributed by atoms with van der Waals surface area (Å²) in [5.41, 5.74) is 2.57. The molecule has 94 valence electrons. The number of ether oxygens (including phenoxy) is 1. The van der Waals surface area contributed by atoms with Crippen molar-refractivity contribution in [3.8, 4) is 0 Å². The molecule has 1 saturated heterocycles. The highest BCUT2D eigenvalue weighted by molar-refractivity contribution is 6.31. The summed E-state index contributed by atoms with van der Waals surface area (Å²) < 4.78 is 5.42. The molecule has 0 aliphatic carbocycles. The SMILES string of the molecule is Cc1ccc(CC2(CCl)CCOCC2)c(Cl)c1. The molecule has 0 atom stereocenters. The van der Waals surface area contributed by atoms with Gasteiger partial charge in [-0.1, -0.05) is 23.7 Å². The van der Waals surface area contributed by atoms with E-state index >= 15 is 0 Å². The van der Waals surface area contributed by atoms with Gasteiger partial charge in [0, 0.05) is 24.1 Å². The third-order valence-corrected chi connectivity index (χ3v) is 4.53. The summed E-state index contributed by atoms with van der Waals surface area (Å²) in [5, 5.41) is 0.862. The van der Waals surface area contributed by atoms with Gasteiger partial charge in [0.15, 0.2) is 0 Å². The van der Waals surface area contributed by atoms with Crippen molar-refractivity contribution in [2.45, 2.75) is 26.2 Å². The zero-order valence-corrected chi connectivity index (χ0v) is 11.7. The van der Waals surface area contributed by atoms with Gasteiger partial charge >= 0.3 is 0 Å². The number of hydrogen-bond acceptors (Lipinski definition) is 1. The minimum absolute atomic E-state index is 0.165. The summed E-state index contributed by atoms with van der Waals surface area (Å²) in [5.74, 6) is 0.681. The molecule has 0 aromatic heterocycles. The van der Waals surface area contributed by atoms with Crippen LogP contribution >= 0.6 is 23.2 Å². The smallest absolute Gasteiger partial charge is 0.0471 e. The molecule has 3 heteroatoms. The van der Waals surface area contributed by atoms with Gasteiger partial charge in [0.1, 0.15) is 0 Å². The highest BCUT2D eigenvalue weighted by atomic mass is 35.5. The first-order valence-corrected chi connectivity index (χ1v) is 6.95. The maximum atomic E-state index is 6.29. The lowest BCUT2D eigenvalue weighted by Crippen LogP contribution is -2.33. The lowest BCUT2D eigenvalue weighted by Gasteiger charge is -2.35. The number of rotatable bonds is 3. The lowest BCUT2D eigenvalue weighted by molar-refractivity contribution is 0.0258. The molecule has 1 heterocycles. The van der Waals surface area contributed by atoms with E-state index in [1.54, 1.807) is 0 Å². The van der Waals surface area contributed by atoms with Crippen molar-refractivity contribution in [2.75, 3.05) is 19.1 Å². The Bertz CT molecular complexity index is 384. The summed E-state index contributed by atoms with van der Waals surface area (Å²) in [6.07, 6.45) is 3.01. The summed E-state index contributed by atoms with van der Waals surface area (Å²) in [6.45, 7) is 3.69. The first kappa shape index (κ1) is 13.2. The van der Waals surface area contributed by atoms with Crippen LogP contribution in [0.5, 0.6) is 0 Å². The van der Waals surface area contributed by atoms with Crippen LogP contribution in [0.1, 0.15) is 24.0 Å². The van der Waals surface area contributed by atoms with Crippen molar-refractivity contribution in [1.82, 2.24) is 0 Å². The van der Waals surface area contributed by atoms with Crippen molar-refractivity contribution < 1.29 is 4.74 Å².